The number of aliphatic hydroxyl groups is 1. The molecule has 0 radical (unpaired) electrons. The summed E-state index contributed by atoms with van der Waals surface area (Å²) in [6.07, 6.45) is 2.45. The Morgan fingerprint density at radius 3 is 2.89 bits per heavy atom. The van der Waals surface area contributed by atoms with Gasteiger partial charge in [-0.3, -0.25) is 0 Å². The van der Waals surface area contributed by atoms with Crippen molar-refractivity contribution in [3.05, 3.63) is 17.0 Å². The average Bonchev–Trinajstić information content (AvgIpc) is 3.03. The second-order valence-corrected chi connectivity index (χ2v) is 7.25. The van der Waals surface area contributed by atoms with Crippen molar-refractivity contribution in [1.29, 1.82) is 0 Å². The standard InChI is InChI=1S/C11H17NO4S2/c13-6-10-5-11(17-8-10)18(14,15)12-3-4-16-7-9-1-2-9/h5,8-9,12-13H,1-4,6-7H2. The highest BCUT2D eigenvalue weighted by atomic mass is 32.2. The molecule has 7 heteroatoms. The third-order valence-corrected chi connectivity index (χ3v) is 5.62. The zero-order valence-corrected chi connectivity index (χ0v) is 11.6. The Hall–Kier alpha value is -0.470. The van der Waals surface area contributed by atoms with Gasteiger partial charge in [0.2, 0.25) is 10.0 Å². The van der Waals surface area contributed by atoms with E-state index in [2.05, 4.69) is 4.72 Å². The second-order valence-electron chi connectivity index (χ2n) is 4.35. The van der Waals surface area contributed by atoms with Gasteiger partial charge in [0.25, 0.3) is 0 Å². The van der Waals surface area contributed by atoms with Gasteiger partial charge in [-0.2, -0.15) is 0 Å². The highest BCUT2D eigenvalue weighted by Gasteiger charge is 2.21. The molecule has 0 atom stereocenters. The molecule has 102 valence electrons. The normalized spacial score (nSPS) is 16.1. The summed E-state index contributed by atoms with van der Waals surface area (Å²) in [6.45, 7) is 1.27. The molecule has 1 fully saturated rings. The lowest BCUT2D eigenvalue weighted by atomic mass is 10.4. The number of aliphatic hydroxyl groups excluding tert-OH is 1. The maximum Gasteiger partial charge on any atom is 0.250 e. The lowest BCUT2D eigenvalue weighted by Gasteiger charge is -2.05. The van der Waals surface area contributed by atoms with Crippen LogP contribution in [0.3, 0.4) is 0 Å². The van der Waals surface area contributed by atoms with Crippen LogP contribution in [-0.4, -0.2) is 33.3 Å². The molecule has 2 rings (SSSR count). The third-order valence-electron chi connectivity index (χ3n) is 2.67. The minimum absolute atomic E-state index is 0.142. The van der Waals surface area contributed by atoms with Crippen LogP contribution in [-0.2, 0) is 21.4 Å². The first-order valence-electron chi connectivity index (χ1n) is 5.87. The van der Waals surface area contributed by atoms with Crippen LogP contribution in [0.2, 0.25) is 0 Å². The number of ether oxygens (including phenoxy) is 1. The molecular weight excluding hydrogens is 274 g/mol. The van der Waals surface area contributed by atoms with Gasteiger partial charge in [-0.1, -0.05) is 0 Å². The number of rotatable bonds is 8. The Morgan fingerprint density at radius 1 is 1.50 bits per heavy atom. The summed E-state index contributed by atoms with van der Waals surface area (Å²) in [5, 5.41) is 10.5. The molecule has 2 N–H and O–H groups in total. The molecule has 0 aromatic carbocycles. The molecule has 1 aromatic heterocycles. The van der Waals surface area contributed by atoms with Crippen molar-refractivity contribution in [1.82, 2.24) is 4.72 Å². The molecule has 0 unspecified atom stereocenters. The van der Waals surface area contributed by atoms with Crippen LogP contribution in [0.25, 0.3) is 0 Å². The predicted octanol–water partition coefficient (Wildman–Crippen LogP) is 0.945. The van der Waals surface area contributed by atoms with Gasteiger partial charge in [-0.05, 0) is 35.8 Å². The molecule has 1 saturated carbocycles. The van der Waals surface area contributed by atoms with Crippen molar-refractivity contribution in [2.75, 3.05) is 19.8 Å². The second kappa shape index (κ2) is 6.12. The van der Waals surface area contributed by atoms with Crippen LogP contribution in [0.15, 0.2) is 15.7 Å². The first-order valence-corrected chi connectivity index (χ1v) is 8.24. The Kier molecular flexibility index (Phi) is 4.74. The van der Waals surface area contributed by atoms with Gasteiger partial charge >= 0.3 is 0 Å². The maximum absolute atomic E-state index is 11.8. The van der Waals surface area contributed by atoms with Crippen molar-refractivity contribution in [3.63, 3.8) is 0 Å². The lowest BCUT2D eigenvalue weighted by Crippen LogP contribution is -2.27. The van der Waals surface area contributed by atoms with Crippen LogP contribution >= 0.6 is 11.3 Å². The molecule has 5 nitrogen and oxygen atoms in total. The van der Waals surface area contributed by atoms with Crippen LogP contribution in [0.4, 0.5) is 0 Å². The van der Waals surface area contributed by atoms with Crippen molar-refractivity contribution in [3.8, 4) is 0 Å². The van der Waals surface area contributed by atoms with Crippen molar-refractivity contribution < 1.29 is 18.3 Å². The number of sulfonamides is 1. The zero-order chi connectivity index (χ0) is 13.0. The smallest absolute Gasteiger partial charge is 0.250 e. The van der Waals surface area contributed by atoms with Gasteiger partial charge < -0.3 is 9.84 Å². The van der Waals surface area contributed by atoms with Crippen LogP contribution in [0.1, 0.15) is 18.4 Å². The highest BCUT2D eigenvalue weighted by Crippen LogP contribution is 2.28. The Morgan fingerprint density at radius 2 is 2.28 bits per heavy atom. The minimum atomic E-state index is -3.46. The summed E-state index contributed by atoms with van der Waals surface area (Å²) in [7, 11) is -3.46. The number of hydrogen-bond acceptors (Lipinski definition) is 5. The highest BCUT2D eigenvalue weighted by molar-refractivity contribution is 7.91. The van der Waals surface area contributed by atoms with E-state index in [0.29, 0.717) is 18.1 Å². The summed E-state index contributed by atoms with van der Waals surface area (Å²) in [5.74, 6) is 0.686. The van der Waals surface area contributed by atoms with E-state index < -0.39 is 10.0 Å². The van der Waals surface area contributed by atoms with Crippen LogP contribution < -0.4 is 4.72 Å². The molecule has 1 aromatic rings. The van der Waals surface area contributed by atoms with Gasteiger partial charge in [0.1, 0.15) is 4.21 Å². The van der Waals surface area contributed by atoms with E-state index in [1.165, 1.54) is 18.9 Å². The Bertz CT molecular complexity index is 479. The molecule has 0 aliphatic heterocycles. The van der Waals surface area contributed by atoms with Gasteiger partial charge in [-0.25, -0.2) is 13.1 Å². The number of thiophene rings is 1. The summed E-state index contributed by atoms with van der Waals surface area (Å²) in [4.78, 5) is 0. The third kappa shape index (κ3) is 4.03. The van der Waals surface area contributed by atoms with Crippen molar-refractivity contribution in [2.24, 2.45) is 5.92 Å². The van der Waals surface area contributed by atoms with Crippen molar-refractivity contribution >= 4 is 21.4 Å². The number of nitrogens with one attached hydrogen (secondary N) is 1. The van der Waals surface area contributed by atoms with E-state index in [1.807, 2.05) is 0 Å². The van der Waals surface area contributed by atoms with Crippen LogP contribution in [0, 0.1) is 5.92 Å². The fraction of sp³-hybridized carbons (Fsp3) is 0.636. The summed E-state index contributed by atoms with van der Waals surface area (Å²) in [5.41, 5.74) is 0.616. The van der Waals surface area contributed by atoms with E-state index in [4.69, 9.17) is 9.84 Å². The fourth-order valence-electron chi connectivity index (χ4n) is 1.43. The average molecular weight is 291 g/mol. The molecule has 18 heavy (non-hydrogen) atoms. The van der Waals surface area contributed by atoms with E-state index in [9.17, 15) is 8.42 Å². The van der Waals surface area contributed by atoms with Gasteiger partial charge in [-0.15, -0.1) is 11.3 Å². The quantitative estimate of drug-likeness (QED) is 0.699. The topological polar surface area (TPSA) is 75.6 Å². The summed E-state index contributed by atoms with van der Waals surface area (Å²) < 4.78 is 31.7. The van der Waals surface area contributed by atoms with E-state index in [1.54, 1.807) is 5.38 Å². The molecule has 0 spiro atoms. The zero-order valence-electron chi connectivity index (χ0n) is 9.96. The maximum atomic E-state index is 11.8. The van der Waals surface area contributed by atoms with E-state index >= 15 is 0 Å². The monoisotopic (exact) mass is 291 g/mol. The Balaban J connectivity index is 1.75. The fourth-order valence-corrected chi connectivity index (χ4v) is 3.69. The van der Waals surface area contributed by atoms with Gasteiger partial charge in [0.15, 0.2) is 0 Å². The predicted molar refractivity (Wildman–Crippen MR) is 69.0 cm³/mol. The molecule has 0 amide bonds. The molecule has 1 heterocycles. The summed E-state index contributed by atoms with van der Waals surface area (Å²) in [6, 6.07) is 1.48. The first-order chi connectivity index (χ1) is 8.62. The van der Waals surface area contributed by atoms with Gasteiger partial charge in [0, 0.05) is 13.2 Å². The summed E-state index contributed by atoms with van der Waals surface area (Å²) >= 11 is 1.11. The first kappa shape index (κ1) is 14.0. The lowest BCUT2D eigenvalue weighted by molar-refractivity contribution is 0.129. The number of hydrogen-bond donors (Lipinski definition) is 2. The molecule has 1 aliphatic rings. The molecular formula is C11H17NO4S2. The Labute approximate surface area is 111 Å². The van der Waals surface area contributed by atoms with Crippen LogP contribution in [0.5, 0.6) is 0 Å². The SMILES string of the molecule is O=S(=O)(NCCOCC1CC1)c1cc(CO)cs1. The largest absolute Gasteiger partial charge is 0.392 e. The minimum Gasteiger partial charge on any atom is -0.392 e. The van der Waals surface area contributed by atoms with E-state index in [0.717, 1.165) is 17.9 Å². The van der Waals surface area contributed by atoms with E-state index in [-0.39, 0.29) is 17.4 Å². The molecule has 1 aliphatic carbocycles. The van der Waals surface area contributed by atoms with Gasteiger partial charge in [0.05, 0.1) is 13.2 Å². The molecule has 0 bridgehead atoms. The van der Waals surface area contributed by atoms with Crippen molar-refractivity contribution in [2.45, 2.75) is 23.7 Å². The molecule has 0 saturated heterocycles.